The number of aryl methyl sites for hydroxylation is 2. The largest absolute Gasteiger partial charge is 0.457 e. The van der Waals surface area contributed by atoms with Crippen LogP contribution in [0, 0.1) is 20.8 Å². The summed E-state index contributed by atoms with van der Waals surface area (Å²) in [4.78, 5) is 24.1. The molecule has 0 aliphatic heterocycles. The topological polar surface area (TPSA) is 56.5 Å². The Hall–Kier alpha value is -2.88. The maximum absolute atomic E-state index is 12.3. The van der Waals surface area contributed by atoms with Gasteiger partial charge in [0.05, 0.1) is 5.56 Å². The Morgan fingerprint density at radius 2 is 1.88 bits per heavy atom. The van der Waals surface area contributed by atoms with Gasteiger partial charge in [-0.05, 0) is 49.6 Å². The van der Waals surface area contributed by atoms with Crippen LogP contribution in [0.5, 0.6) is 0 Å². The molecule has 0 fully saturated rings. The van der Waals surface area contributed by atoms with Crippen LogP contribution >= 0.6 is 0 Å². The second-order valence-corrected chi connectivity index (χ2v) is 5.91. The lowest BCUT2D eigenvalue weighted by molar-refractivity contribution is 0.0473. The molecular formula is C20H18O4. The van der Waals surface area contributed by atoms with Gasteiger partial charge in [-0.15, -0.1) is 0 Å². The minimum atomic E-state index is -0.453. The predicted octanol–water partition coefficient (Wildman–Crippen LogP) is 4.08. The van der Waals surface area contributed by atoms with Crippen molar-refractivity contribution in [2.75, 3.05) is 0 Å². The second kappa shape index (κ2) is 6.32. The van der Waals surface area contributed by atoms with Crippen molar-refractivity contribution in [2.45, 2.75) is 27.4 Å². The van der Waals surface area contributed by atoms with Crippen molar-refractivity contribution >= 4 is 16.9 Å². The number of ether oxygens (including phenoxy) is 1. The highest BCUT2D eigenvalue weighted by atomic mass is 16.5. The maximum Gasteiger partial charge on any atom is 0.338 e. The molecule has 0 aliphatic carbocycles. The summed E-state index contributed by atoms with van der Waals surface area (Å²) in [6.07, 6.45) is 0. The van der Waals surface area contributed by atoms with Crippen molar-refractivity contribution in [2.24, 2.45) is 0 Å². The van der Waals surface area contributed by atoms with Crippen molar-refractivity contribution in [1.29, 1.82) is 0 Å². The maximum atomic E-state index is 12.3. The molecule has 0 aliphatic rings. The quantitative estimate of drug-likeness (QED) is 0.538. The van der Waals surface area contributed by atoms with Gasteiger partial charge in [0.2, 0.25) is 0 Å². The Morgan fingerprint density at radius 1 is 1.08 bits per heavy atom. The third-order valence-corrected chi connectivity index (χ3v) is 4.17. The van der Waals surface area contributed by atoms with Crippen LogP contribution in [0.3, 0.4) is 0 Å². The summed E-state index contributed by atoms with van der Waals surface area (Å²) in [5.41, 5.74) is 4.15. The number of hydrogen-bond donors (Lipinski definition) is 0. The molecule has 4 heteroatoms. The van der Waals surface area contributed by atoms with E-state index in [0.717, 1.165) is 22.1 Å². The van der Waals surface area contributed by atoms with Crippen LogP contribution in [-0.2, 0) is 11.3 Å². The lowest BCUT2D eigenvalue weighted by Gasteiger charge is -2.10. The van der Waals surface area contributed by atoms with Crippen LogP contribution in [0.25, 0.3) is 11.0 Å². The van der Waals surface area contributed by atoms with Gasteiger partial charge >= 0.3 is 11.6 Å². The van der Waals surface area contributed by atoms with Gasteiger partial charge in [-0.3, -0.25) is 0 Å². The monoisotopic (exact) mass is 322 g/mol. The Labute approximate surface area is 139 Å². The van der Waals surface area contributed by atoms with E-state index in [1.165, 1.54) is 6.07 Å². The van der Waals surface area contributed by atoms with Crippen LogP contribution in [0.2, 0.25) is 0 Å². The van der Waals surface area contributed by atoms with E-state index < -0.39 is 11.6 Å². The molecule has 122 valence electrons. The summed E-state index contributed by atoms with van der Waals surface area (Å²) in [7, 11) is 0. The first kappa shape index (κ1) is 16.0. The minimum absolute atomic E-state index is 0.0252. The predicted molar refractivity (Wildman–Crippen MR) is 92.3 cm³/mol. The van der Waals surface area contributed by atoms with E-state index in [0.29, 0.717) is 16.7 Å². The molecule has 24 heavy (non-hydrogen) atoms. The van der Waals surface area contributed by atoms with Gasteiger partial charge in [0.15, 0.2) is 0 Å². The van der Waals surface area contributed by atoms with Crippen molar-refractivity contribution in [1.82, 2.24) is 0 Å². The molecule has 1 heterocycles. The normalized spacial score (nSPS) is 10.8. The molecule has 0 saturated heterocycles. The van der Waals surface area contributed by atoms with Gasteiger partial charge in [-0.1, -0.05) is 24.3 Å². The van der Waals surface area contributed by atoms with E-state index in [2.05, 4.69) is 0 Å². The number of rotatable bonds is 3. The molecule has 1 aromatic heterocycles. The first-order valence-corrected chi connectivity index (χ1v) is 7.72. The lowest BCUT2D eigenvalue weighted by Crippen LogP contribution is -2.09. The van der Waals surface area contributed by atoms with Gasteiger partial charge < -0.3 is 9.15 Å². The molecule has 3 rings (SSSR count). The zero-order chi connectivity index (χ0) is 17.3. The summed E-state index contributed by atoms with van der Waals surface area (Å²) in [6, 6.07) is 12.5. The fraction of sp³-hybridized carbons (Fsp3) is 0.200. The van der Waals surface area contributed by atoms with Crippen molar-refractivity contribution in [3.63, 3.8) is 0 Å². The standard InChI is InChI=1S/C20H18O4/c1-12-7-8-17-15(10-19(21)24-18(17)9-12)11-23-20(22)16-6-4-5-13(2)14(16)3/h4-10H,11H2,1-3H3. The molecule has 0 saturated carbocycles. The Kier molecular flexibility index (Phi) is 4.21. The number of fused-ring (bicyclic) bond motifs is 1. The molecule has 0 N–H and O–H groups in total. The van der Waals surface area contributed by atoms with Gasteiger partial charge in [0.25, 0.3) is 0 Å². The fourth-order valence-electron chi connectivity index (χ4n) is 2.65. The average molecular weight is 322 g/mol. The smallest absolute Gasteiger partial charge is 0.338 e. The second-order valence-electron chi connectivity index (χ2n) is 5.91. The summed E-state index contributed by atoms with van der Waals surface area (Å²) in [5.74, 6) is -0.398. The first-order valence-electron chi connectivity index (χ1n) is 7.72. The number of carbonyl (C=O) groups is 1. The van der Waals surface area contributed by atoms with Crippen molar-refractivity contribution in [3.8, 4) is 0 Å². The van der Waals surface area contributed by atoms with Crippen LogP contribution < -0.4 is 5.63 Å². The number of benzene rings is 2. The lowest BCUT2D eigenvalue weighted by atomic mass is 10.0. The summed E-state index contributed by atoms with van der Waals surface area (Å²) >= 11 is 0. The summed E-state index contributed by atoms with van der Waals surface area (Å²) in [6.45, 7) is 5.79. The van der Waals surface area contributed by atoms with Crippen LogP contribution in [0.15, 0.2) is 51.7 Å². The van der Waals surface area contributed by atoms with E-state index in [1.807, 2.05) is 45.0 Å². The zero-order valence-corrected chi connectivity index (χ0v) is 13.9. The van der Waals surface area contributed by atoms with E-state index in [-0.39, 0.29) is 6.61 Å². The Balaban J connectivity index is 1.89. The highest BCUT2D eigenvalue weighted by Crippen LogP contribution is 2.20. The van der Waals surface area contributed by atoms with Gasteiger partial charge in [0.1, 0.15) is 12.2 Å². The van der Waals surface area contributed by atoms with E-state index in [9.17, 15) is 9.59 Å². The molecule has 0 amide bonds. The minimum Gasteiger partial charge on any atom is -0.457 e. The van der Waals surface area contributed by atoms with Gasteiger partial charge in [-0.25, -0.2) is 9.59 Å². The molecule has 0 radical (unpaired) electrons. The number of hydrogen-bond acceptors (Lipinski definition) is 4. The van der Waals surface area contributed by atoms with E-state index in [1.54, 1.807) is 12.1 Å². The molecule has 0 unspecified atom stereocenters. The molecule has 0 atom stereocenters. The van der Waals surface area contributed by atoms with Gasteiger partial charge in [-0.2, -0.15) is 0 Å². The highest BCUT2D eigenvalue weighted by molar-refractivity contribution is 5.91. The van der Waals surface area contributed by atoms with E-state index >= 15 is 0 Å². The molecule has 0 bridgehead atoms. The molecule has 0 spiro atoms. The van der Waals surface area contributed by atoms with E-state index in [4.69, 9.17) is 9.15 Å². The summed E-state index contributed by atoms with van der Waals surface area (Å²) < 4.78 is 10.6. The third-order valence-electron chi connectivity index (χ3n) is 4.17. The average Bonchev–Trinajstić information content (AvgIpc) is 2.54. The Morgan fingerprint density at radius 3 is 2.67 bits per heavy atom. The molecule has 3 aromatic rings. The third kappa shape index (κ3) is 3.08. The van der Waals surface area contributed by atoms with Crippen LogP contribution in [0.1, 0.15) is 32.6 Å². The molecular weight excluding hydrogens is 304 g/mol. The van der Waals surface area contributed by atoms with Crippen molar-refractivity contribution in [3.05, 3.63) is 80.7 Å². The molecule has 4 nitrogen and oxygen atoms in total. The first-order chi connectivity index (χ1) is 11.5. The Bertz CT molecular complexity index is 983. The zero-order valence-electron chi connectivity index (χ0n) is 13.9. The number of esters is 1. The summed E-state index contributed by atoms with van der Waals surface area (Å²) in [5, 5.41) is 0.772. The van der Waals surface area contributed by atoms with Crippen molar-refractivity contribution < 1.29 is 13.9 Å². The fourth-order valence-corrected chi connectivity index (χ4v) is 2.65. The van der Waals surface area contributed by atoms with Crippen LogP contribution in [-0.4, -0.2) is 5.97 Å². The molecule has 2 aromatic carbocycles. The number of carbonyl (C=O) groups excluding carboxylic acids is 1. The van der Waals surface area contributed by atoms with Gasteiger partial charge in [0, 0.05) is 17.0 Å². The SMILES string of the molecule is Cc1ccc2c(COC(=O)c3cccc(C)c3C)cc(=O)oc2c1. The van der Waals surface area contributed by atoms with Crippen LogP contribution in [0.4, 0.5) is 0 Å². The highest BCUT2D eigenvalue weighted by Gasteiger charge is 2.13.